The average Bonchev–Trinajstić information content (AvgIpc) is 2.69. The highest BCUT2D eigenvalue weighted by molar-refractivity contribution is 7.17. The second kappa shape index (κ2) is 4.77. The predicted molar refractivity (Wildman–Crippen MR) is 68.7 cm³/mol. The molecule has 0 aliphatic heterocycles. The summed E-state index contributed by atoms with van der Waals surface area (Å²) in [6.07, 6.45) is 2.38. The Kier molecular flexibility index (Phi) is 3.39. The summed E-state index contributed by atoms with van der Waals surface area (Å²) in [5.41, 5.74) is 1.50. The van der Waals surface area contributed by atoms with Gasteiger partial charge in [0.25, 0.3) is 0 Å². The van der Waals surface area contributed by atoms with Crippen LogP contribution in [0.15, 0.2) is 29.6 Å². The van der Waals surface area contributed by atoms with Gasteiger partial charge in [-0.3, -0.25) is 0 Å². The lowest BCUT2D eigenvalue weighted by atomic mass is 10.1. The van der Waals surface area contributed by atoms with Gasteiger partial charge in [0, 0.05) is 10.7 Å². The van der Waals surface area contributed by atoms with Gasteiger partial charge in [0.05, 0.1) is 0 Å². The molecule has 1 heterocycles. The van der Waals surface area contributed by atoms with Gasteiger partial charge in [0.1, 0.15) is 0 Å². The van der Waals surface area contributed by atoms with Crippen LogP contribution in [-0.2, 0) is 6.42 Å². The van der Waals surface area contributed by atoms with E-state index in [9.17, 15) is 0 Å². The van der Waals surface area contributed by atoms with E-state index < -0.39 is 0 Å². The molecule has 0 saturated carbocycles. The van der Waals surface area contributed by atoms with Crippen molar-refractivity contribution >= 4 is 21.4 Å². The van der Waals surface area contributed by atoms with Crippen molar-refractivity contribution in [1.29, 1.82) is 0 Å². The second-order valence-electron chi connectivity index (χ2n) is 3.99. The Balaban J connectivity index is 2.14. The van der Waals surface area contributed by atoms with Gasteiger partial charge >= 0.3 is 0 Å². The van der Waals surface area contributed by atoms with Gasteiger partial charge in [-0.05, 0) is 49.2 Å². The highest BCUT2D eigenvalue weighted by atomic mass is 32.1. The third-order valence-corrected chi connectivity index (χ3v) is 3.91. The molecule has 1 N–H and O–H groups in total. The van der Waals surface area contributed by atoms with Crippen molar-refractivity contribution < 1.29 is 0 Å². The summed E-state index contributed by atoms with van der Waals surface area (Å²) in [5.74, 6) is 0. The zero-order valence-corrected chi connectivity index (χ0v) is 10.1. The lowest BCUT2D eigenvalue weighted by Gasteiger charge is -2.08. The Hall–Kier alpha value is -0.860. The van der Waals surface area contributed by atoms with E-state index in [4.69, 9.17) is 0 Å². The maximum atomic E-state index is 3.28. The van der Waals surface area contributed by atoms with Crippen molar-refractivity contribution in [3.63, 3.8) is 0 Å². The maximum absolute atomic E-state index is 3.28. The summed E-state index contributed by atoms with van der Waals surface area (Å²) >= 11 is 1.85. The van der Waals surface area contributed by atoms with Crippen molar-refractivity contribution in [1.82, 2.24) is 5.32 Å². The zero-order chi connectivity index (χ0) is 10.7. The topological polar surface area (TPSA) is 12.0 Å². The Labute approximate surface area is 95.1 Å². The van der Waals surface area contributed by atoms with Crippen LogP contribution in [-0.4, -0.2) is 13.1 Å². The molecule has 1 aromatic heterocycles. The summed E-state index contributed by atoms with van der Waals surface area (Å²) < 4.78 is 1.41. The van der Waals surface area contributed by atoms with Gasteiger partial charge in [-0.15, -0.1) is 11.3 Å². The molecule has 0 saturated heterocycles. The normalized spacial score (nSPS) is 13.2. The first-order valence-corrected chi connectivity index (χ1v) is 6.31. The molecule has 1 aromatic carbocycles. The number of benzene rings is 1. The molecule has 0 bridgehead atoms. The van der Waals surface area contributed by atoms with E-state index in [0.29, 0.717) is 6.04 Å². The third-order valence-electron chi connectivity index (χ3n) is 2.90. The number of nitrogens with one attached hydrogen (secondary N) is 1. The molecular formula is C13H17NS. The lowest BCUT2D eigenvalue weighted by molar-refractivity contribution is 0.566. The highest BCUT2D eigenvalue weighted by Gasteiger charge is 2.04. The van der Waals surface area contributed by atoms with Crippen LogP contribution in [0.5, 0.6) is 0 Å². The van der Waals surface area contributed by atoms with E-state index in [1.165, 1.54) is 28.5 Å². The molecule has 0 radical (unpaired) electrons. The standard InChI is InChI=1S/C13H17NS/c1-10(14-2)7-8-11-9-15-13-6-4-3-5-12(11)13/h3-6,9-10,14H,7-8H2,1-2H3. The van der Waals surface area contributed by atoms with Gasteiger partial charge in [0.15, 0.2) is 0 Å². The summed E-state index contributed by atoms with van der Waals surface area (Å²) in [4.78, 5) is 0. The van der Waals surface area contributed by atoms with E-state index in [1.54, 1.807) is 0 Å². The van der Waals surface area contributed by atoms with Crippen LogP contribution in [0.1, 0.15) is 18.9 Å². The molecule has 2 heteroatoms. The second-order valence-corrected chi connectivity index (χ2v) is 4.90. The molecule has 0 amide bonds. The number of aryl methyl sites for hydroxylation is 1. The molecule has 0 spiro atoms. The van der Waals surface area contributed by atoms with Gasteiger partial charge in [0.2, 0.25) is 0 Å². The fourth-order valence-electron chi connectivity index (χ4n) is 1.74. The smallest absolute Gasteiger partial charge is 0.0345 e. The van der Waals surface area contributed by atoms with Crippen molar-refractivity contribution in [3.05, 3.63) is 35.2 Å². The maximum Gasteiger partial charge on any atom is 0.0345 e. The first kappa shape index (κ1) is 10.7. The van der Waals surface area contributed by atoms with Gasteiger partial charge in [-0.2, -0.15) is 0 Å². The molecule has 15 heavy (non-hydrogen) atoms. The van der Waals surface area contributed by atoms with Crippen LogP contribution in [0.25, 0.3) is 10.1 Å². The SMILES string of the molecule is CNC(C)CCc1csc2ccccc12. The Morgan fingerprint density at radius 3 is 2.93 bits per heavy atom. The van der Waals surface area contributed by atoms with Gasteiger partial charge < -0.3 is 5.32 Å². The van der Waals surface area contributed by atoms with Crippen molar-refractivity contribution in [3.8, 4) is 0 Å². The van der Waals surface area contributed by atoms with Crippen LogP contribution in [0.2, 0.25) is 0 Å². The number of hydrogen-bond acceptors (Lipinski definition) is 2. The predicted octanol–water partition coefficient (Wildman–Crippen LogP) is 3.44. The summed E-state index contributed by atoms with van der Waals surface area (Å²) in [5, 5.41) is 7.01. The average molecular weight is 219 g/mol. The highest BCUT2D eigenvalue weighted by Crippen LogP contribution is 2.26. The first-order chi connectivity index (χ1) is 7.31. The van der Waals surface area contributed by atoms with E-state index >= 15 is 0 Å². The minimum Gasteiger partial charge on any atom is -0.317 e. The molecule has 80 valence electrons. The zero-order valence-electron chi connectivity index (χ0n) is 9.29. The van der Waals surface area contributed by atoms with Crippen LogP contribution in [0.3, 0.4) is 0 Å². The van der Waals surface area contributed by atoms with Gasteiger partial charge in [-0.1, -0.05) is 18.2 Å². The molecule has 2 aromatic rings. The van der Waals surface area contributed by atoms with Crippen molar-refractivity contribution in [2.75, 3.05) is 7.05 Å². The summed E-state index contributed by atoms with van der Waals surface area (Å²) in [6, 6.07) is 9.26. The number of hydrogen-bond donors (Lipinski definition) is 1. The monoisotopic (exact) mass is 219 g/mol. The number of thiophene rings is 1. The minimum absolute atomic E-state index is 0.601. The van der Waals surface area contributed by atoms with E-state index in [1.807, 2.05) is 18.4 Å². The van der Waals surface area contributed by atoms with Crippen LogP contribution in [0, 0.1) is 0 Å². The van der Waals surface area contributed by atoms with Crippen LogP contribution < -0.4 is 5.32 Å². The molecular weight excluding hydrogens is 202 g/mol. The fourth-order valence-corrected chi connectivity index (χ4v) is 2.74. The Morgan fingerprint density at radius 2 is 2.13 bits per heavy atom. The Bertz CT molecular complexity index is 433. The molecule has 1 unspecified atom stereocenters. The van der Waals surface area contributed by atoms with Crippen molar-refractivity contribution in [2.24, 2.45) is 0 Å². The van der Waals surface area contributed by atoms with E-state index in [0.717, 1.165) is 0 Å². The van der Waals surface area contributed by atoms with E-state index in [2.05, 4.69) is 41.9 Å². The molecule has 0 aliphatic rings. The third kappa shape index (κ3) is 2.39. The van der Waals surface area contributed by atoms with Gasteiger partial charge in [-0.25, -0.2) is 0 Å². The number of fused-ring (bicyclic) bond motifs is 1. The fraction of sp³-hybridized carbons (Fsp3) is 0.385. The summed E-state index contributed by atoms with van der Waals surface area (Å²) in [7, 11) is 2.02. The molecule has 0 aliphatic carbocycles. The summed E-state index contributed by atoms with van der Waals surface area (Å²) in [6.45, 7) is 2.23. The molecule has 2 rings (SSSR count). The quantitative estimate of drug-likeness (QED) is 0.830. The largest absolute Gasteiger partial charge is 0.317 e. The van der Waals surface area contributed by atoms with Crippen molar-refractivity contribution in [2.45, 2.75) is 25.8 Å². The lowest BCUT2D eigenvalue weighted by Crippen LogP contribution is -2.21. The molecule has 0 fully saturated rings. The van der Waals surface area contributed by atoms with Crippen LogP contribution >= 0.6 is 11.3 Å². The number of rotatable bonds is 4. The first-order valence-electron chi connectivity index (χ1n) is 5.43. The minimum atomic E-state index is 0.601. The van der Waals surface area contributed by atoms with E-state index in [-0.39, 0.29) is 0 Å². The Morgan fingerprint density at radius 1 is 1.33 bits per heavy atom. The molecule has 1 atom stereocenters. The molecule has 1 nitrogen and oxygen atoms in total. The van der Waals surface area contributed by atoms with Crippen LogP contribution in [0.4, 0.5) is 0 Å².